The van der Waals surface area contributed by atoms with Crippen LogP contribution in [0.5, 0.6) is 0 Å². The maximum atomic E-state index is 6.01. The van der Waals surface area contributed by atoms with Gasteiger partial charge >= 0.3 is 0 Å². The third kappa shape index (κ3) is 3.53. The monoisotopic (exact) mass is 180 g/mol. The molecule has 0 aliphatic heterocycles. The van der Waals surface area contributed by atoms with Gasteiger partial charge in [-0.3, -0.25) is 4.98 Å². The highest BCUT2D eigenvalue weighted by molar-refractivity contribution is 5.12. The number of hydrogen-bond acceptors (Lipinski definition) is 3. The van der Waals surface area contributed by atoms with Crippen molar-refractivity contribution in [1.82, 2.24) is 4.98 Å². The number of methoxy groups -OCH3 is 1. The summed E-state index contributed by atoms with van der Waals surface area (Å²) < 4.78 is 5.03. The van der Waals surface area contributed by atoms with Crippen molar-refractivity contribution in [1.29, 1.82) is 0 Å². The van der Waals surface area contributed by atoms with Crippen molar-refractivity contribution in [2.75, 3.05) is 13.7 Å². The number of hydrogen-bond donors (Lipinski definition) is 1. The number of nitrogens with zero attached hydrogens (tertiary/aromatic N) is 1. The average Bonchev–Trinajstić information content (AvgIpc) is 2.04. The van der Waals surface area contributed by atoms with Gasteiger partial charge in [-0.25, -0.2) is 0 Å². The first kappa shape index (κ1) is 10.2. The molecule has 3 heteroatoms. The molecule has 0 saturated carbocycles. The molecule has 1 atom stereocenters. The lowest BCUT2D eigenvalue weighted by Gasteiger charge is -2.23. The number of aromatic nitrogens is 1. The van der Waals surface area contributed by atoms with Gasteiger partial charge in [-0.1, -0.05) is 6.07 Å². The highest BCUT2D eigenvalue weighted by Crippen LogP contribution is 2.09. The minimum Gasteiger partial charge on any atom is -0.383 e. The topological polar surface area (TPSA) is 48.1 Å². The Labute approximate surface area is 78.9 Å². The lowest BCUT2D eigenvalue weighted by molar-refractivity contribution is 0.141. The minimum atomic E-state index is -0.308. The second-order valence-electron chi connectivity index (χ2n) is 3.63. The molecule has 3 nitrogen and oxygen atoms in total. The molecule has 0 saturated heterocycles. The number of ether oxygens (including phenoxy) is 1. The fraction of sp³-hybridized carbons (Fsp3) is 0.500. The Morgan fingerprint density at radius 3 is 2.92 bits per heavy atom. The molecule has 13 heavy (non-hydrogen) atoms. The number of pyridine rings is 1. The fourth-order valence-corrected chi connectivity index (χ4v) is 1.35. The normalized spacial score (nSPS) is 15.3. The van der Waals surface area contributed by atoms with Gasteiger partial charge in [-0.2, -0.15) is 0 Å². The summed E-state index contributed by atoms with van der Waals surface area (Å²) in [6.07, 6.45) is 4.38. The second kappa shape index (κ2) is 4.35. The van der Waals surface area contributed by atoms with Gasteiger partial charge in [0.2, 0.25) is 0 Å². The van der Waals surface area contributed by atoms with Crippen LogP contribution in [0, 0.1) is 0 Å². The molecule has 1 unspecified atom stereocenters. The molecule has 2 N–H and O–H groups in total. The van der Waals surface area contributed by atoms with E-state index in [1.807, 2.05) is 25.3 Å². The van der Waals surface area contributed by atoms with Gasteiger partial charge < -0.3 is 10.5 Å². The van der Waals surface area contributed by atoms with Crippen LogP contribution in [0.25, 0.3) is 0 Å². The van der Waals surface area contributed by atoms with Crippen molar-refractivity contribution in [2.45, 2.75) is 18.9 Å². The molecule has 0 spiro atoms. The van der Waals surface area contributed by atoms with Crippen molar-refractivity contribution < 1.29 is 4.74 Å². The summed E-state index contributed by atoms with van der Waals surface area (Å²) in [4.78, 5) is 4.03. The van der Waals surface area contributed by atoms with E-state index in [1.54, 1.807) is 13.3 Å². The molecule has 1 rings (SSSR count). The predicted octanol–water partition coefficient (Wildman–Crippen LogP) is 0.988. The van der Waals surface area contributed by atoms with Gasteiger partial charge in [0, 0.05) is 25.0 Å². The molecule has 0 bridgehead atoms. The lowest BCUT2D eigenvalue weighted by atomic mass is 9.96. The summed E-state index contributed by atoms with van der Waals surface area (Å²) in [6.45, 7) is 2.53. The van der Waals surface area contributed by atoms with E-state index in [9.17, 15) is 0 Å². The third-order valence-corrected chi connectivity index (χ3v) is 1.80. The van der Waals surface area contributed by atoms with E-state index in [2.05, 4.69) is 4.98 Å². The van der Waals surface area contributed by atoms with E-state index >= 15 is 0 Å². The molecule has 0 radical (unpaired) electrons. The SMILES string of the molecule is COCC(C)(N)Cc1cccnc1. The maximum Gasteiger partial charge on any atom is 0.0642 e. The molecule has 1 aromatic rings. The summed E-state index contributed by atoms with van der Waals surface area (Å²) in [5.74, 6) is 0. The Balaban J connectivity index is 2.58. The van der Waals surface area contributed by atoms with Crippen LogP contribution in [0.1, 0.15) is 12.5 Å². The predicted molar refractivity (Wildman–Crippen MR) is 52.4 cm³/mol. The summed E-state index contributed by atoms with van der Waals surface area (Å²) >= 11 is 0. The van der Waals surface area contributed by atoms with Gasteiger partial charge in [0.1, 0.15) is 0 Å². The van der Waals surface area contributed by atoms with Gasteiger partial charge in [-0.15, -0.1) is 0 Å². The van der Waals surface area contributed by atoms with Crippen LogP contribution in [0.3, 0.4) is 0 Å². The van der Waals surface area contributed by atoms with E-state index in [0.717, 1.165) is 12.0 Å². The van der Waals surface area contributed by atoms with Crippen LogP contribution in [0.15, 0.2) is 24.5 Å². The first-order chi connectivity index (χ1) is 6.14. The van der Waals surface area contributed by atoms with E-state index in [4.69, 9.17) is 10.5 Å². The van der Waals surface area contributed by atoms with Gasteiger partial charge in [0.05, 0.1) is 6.61 Å². The van der Waals surface area contributed by atoms with E-state index in [0.29, 0.717) is 6.61 Å². The van der Waals surface area contributed by atoms with Crippen molar-refractivity contribution in [3.8, 4) is 0 Å². The molecule has 72 valence electrons. The lowest BCUT2D eigenvalue weighted by Crippen LogP contribution is -2.43. The van der Waals surface area contributed by atoms with Crippen LogP contribution in [0.4, 0.5) is 0 Å². The highest BCUT2D eigenvalue weighted by Gasteiger charge is 2.18. The molecule has 0 amide bonds. The van der Waals surface area contributed by atoms with E-state index < -0.39 is 0 Å². The molecule has 0 fully saturated rings. The molecule has 1 aromatic heterocycles. The Bertz CT molecular complexity index is 246. The van der Waals surface area contributed by atoms with Crippen LogP contribution in [-0.4, -0.2) is 24.2 Å². The standard InChI is InChI=1S/C10H16N2O/c1-10(11,8-13-2)6-9-4-3-5-12-7-9/h3-5,7H,6,8,11H2,1-2H3. The van der Waals surface area contributed by atoms with Crippen LogP contribution in [-0.2, 0) is 11.2 Å². The molecule has 0 aliphatic carbocycles. The Kier molecular flexibility index (Phi) is 3.39. The zero-order chi connectivity index (χ0) is 9.73. The smallest absolute Gasteiger partial charge is 0.0642 e. The third-order valence-electron chi connectivity index (χ3n) is 1.80. The minimum absolute atomic E-state index is 0.308. The van der Waals surface area contributed by atoms with Gasteiger partial charge in [0.25, 0.3) is 0 Å². The van der Waals surface area contributed by atoms with E-state index in [1.165, 1.54) is 0 Å². The summed E-state index contributed by atoms with van der Waals surface area (Å²) in [6, 6.07) is 3.94. The number of nitrogens with two attached hydrogens (primary N) is 1. The Morgan fingerprint density at radius 2 is 2.38 bits per heavy atom. The molecular weight excluding hydrogens is 164 g/mol. The average molecular weight is 180 g/mol. The summed E-state index contributed by atoms with van der Waals surface area (Å²) in [5, 5.41) is 0. The van der Waals surface area contributed by atoms with Crippen molar-refractivity contribution >= 4 is 0 Å². The first-order valence-corrected chi connectivity index (χ1v) is 4.31. The van der Waals surface area contributed by atoms with Crippen molar-refractivity contribution in [3.63, 3.8) is 0 Å². The first-order valence-electron chi connectivity index (χ1n) is 4.31. The van der Waals surface area contributed by atoms with Crippen LogP contribution < -0.4 is 5.73 Å². The van der Waals surface area contributed by atoms with Crippen molar-refractivity contribution in [3.05, 3.63) is 30.1 Å². The zero-order valence-electron chi connectivity index (χ0n) is 8.16. The molecule has 1 heterocycles. The van der Waals surface area contributed by atoms with Crippen molar-refractivity contribution in [2.24, 2.45) is 5.73 Å². The molecule has 0 aliphatic rings. The quantitative estimate of drug-likeness (QED) is 0.751. The highest BCUT2D eigenvalue weighted by atomic mass is 16.5. The largest absolute Gasteiger partial charge is 0.383 e. The second-order valence-corrected chi connectivity index (χ2v) is 3.63. The van der Waals surface area contributed by atoms with Crippen LogP contribution >= 0.6 is 0 Å². The van der Waals surface area contributed by atoms with Crippen LogP contribution in [0.2, 0.25) is 0 Å². The van der Waals surface area contributed by atoms with Gasteiger partial charge in [-0.05, 0) is 25.0 Å². The van der Waals surface area contributed by atoms with E-state index in [-0.39, 0.29) is 5.54 Å². The zero-order valence-corrected chi connectivity index (χ0v) is 8.16. The number of rotatable bonds is 4. The molecular formula is C10H16N2O. The summed E-state index contributed by atoms with van der Waals surface area (Å²) in [5.41, 5.74) is 6.84. The fourth-order valence-electron chi connectivity index (χ4n) is 1.35. The Morgan fingerprint density at radius 1 is 1.62 bits per heavy atom. The summed E-state index contributed by atoms with van der Waals surface area (Å²) in [7, 11) is 1.66. The molecule has 0 aromatic carbocycles. The maximum absolute atomic E-state index is 6.01. The Hall–Kier alpha value is -0.930. The van der Waals surface area contributed by atoms with Gasteiger partial charge in [0.15, 0.2) is 0 Å².